The first kappa shape index (κ1) is 15.6. The molecule has 0 saturated carbocycles. The van der Waals surface area contributed by atoms with Crippen molar-refractivity contribution in [2.45, 2.75) is 6.42 Å². The molecule has 1 saturated heterocycles. The Labute approximate surface area is 128 Å². The van der Waals surface area contributed by atoms with Gasteiger partial charge in [-0.25, -0.2) is 0 Å². The summed E-state index contributed by atoms with van der Waals surface area (Å²) in [5.41, 5.74) is 6.72. The number of methoxy groups -OCH3 is 1. The molecule has 1 aromatic heterocycles. The highest BCUT2D eigenvalue weighted by Gasteiger charge is 2.29. The van der Waals surface area contributed by atoms with Crippen molar-refractivity contribution in [3.05, 3.63) is 10.4 Å². The van der Waals surface area contributed by atoms with Gasteiger partial charge >= 0.3 is 0 Å². The predicted octanol–water partition coefficient (Wildman–Crippen LogP) is 1.38. The van der Waals surface area contributed by atoms with Gasteiger partial charge in [0.05, 0.1) is 12.3 Å². The molecular weight excluding hydrogens is 288 g/mol. The quantitative estimate of drug-likeness (QED) is 0.908. The highest BCUT2D eigenvalue weighted by molar-refractivity contribution is 7.19. The van der Waals surface area contributed by atoms with Crippen LogP contribution in [-0.4, -0.2) is 51.7 Å². The van der Waals surface area contributed by atoms with E-state index in [1.807, 2.05) is 0 Å². The number of nitrogens with zero attached hydrogens (tertiary/aromatic N) is 3. The number of nitriles is 1. The van der Waals surface area contributed by atoms with Crippen LogP contribution >= 0.6 is 11.3 Å². The van der Waals surface area contributed by atoms with Crippen molar-refractivity contribution in [2.75, 3.05) is 51.5 Å². The molecule has 114 valence electrons. The Morgan fingerprint density at radius 1 is 1.62 bits per heavy atom. The number of anilines is 2. The molecule has 0 aromatic carbocycles. The van der Waals surface area contributed by atoms with Crippen LogP contribution in [0.1, 0.15) is 21.7 Å². The van der Waals surface area contributed by atoms with Gasteiger partial charge in [0.2, 0.25) is 0 Å². The largest absolute Gasteiger partial charge is 0.396 e. The minimum absolute atomic E-state index is 0.159. The van der Waals surface area contributed by atoms with Crippen LogP contribution in [-0.2, 0) is 4.74 Å². The number of amides is 1. The third-order valence-electron chi connectivity index (χ3n) is 3.61. The summed E-state index contributed by atoms with van der Waals surface area (Å²) in [6.07, 6.45) is 1.02. The molecule has 0 aliphatic carbocycles. The van der Waals surface area contributed by atoms with E-state index in [0.29, 0.717) is 28.7 Å². The molecule has 0 spiro atoms. The summed E-state index contributed by atoms with van der Waals surface area (Å²) in [6.45, 7) is 2.40. The summed E-state index contributed by atoms with van der Waals surface area (Å²) in [6, 6.07) is 2.14. The lowest BCUT2D eigenvalue weighted by Gasteiger charge is -2.16. The number of rotatable bonds is 4. The Morgan fingerprint density at radius 2 is 2.33 bits per heavy atom. The van der Waals surface area contributed by atoms with Crippen LogP contribution in [0.2, 0.25) is 0 Å². The number of hydrogen-bond donors (Lipinski definition) is 1. The summed E-state index contributed by atoms with van der Waals surface area (Å²) < 4.78 is 5.19. The lowest BCUT2D eigenvalue weighted by Crippen LogP contribution is -2.21. The third kappa shape index (κ3) is 2.96. The van der Waals surface area contributed by atoms with Crippen LogP contribution in [0, 0.1) is 17.2 Å². The molecule has 2 heterocycles. The number of nitrogens with two attached hydrogens (primary N) is 1. The standard InChI is InChI=1S/C14H20N4O2S/c1-17(2)13(19)12-11(16)10(6-15)14(21-12)18-5-4-9(7-18)8-20-3/h9H,4-5,7-8,16H2,1-3H3. The van der Waals surface area contributed by atoms with Gasteiger partial charge in [0.25, 0.3) is 5.91 Å². The molecule has 1 fully saturated rings. The van der Waals surface area contributed by atoms with Crippen LogP contribution in [0.25, 0.3) is 0 Å². The fourth-order valence-corrected chi connectivity index (χ4v) is 3.74. The first-order valence-corrected chi connectivity index (χ1v) is 7.59. The van der Waals surface area contributed by atoms with Crippen molar-refractivity contribution in [2.24, 2.45) is 5.92 Å². The molecule has 1 aromatic rings. The number of carbonyl (C=O) groups is 1. The first-order valence-electron chi connectivity index (χ1n) is 6.77. The second-order valence-electron chi connectivity index (χ2n) is 5.39. The van der Waals surface area contributed by atoms with Crippen molar-refractivity contribution in [1.29, 1.82) is 5.26 Å². The van der Waals surface area contributed by atoms with E-state index in [2.05, 4.69) is 11.0 Å². The monoisotopic (exact) mass is 308 g/mol. The van der Waals surface area contributed by atoms with Crippen molar-refractivity contribution >= 4 is 27.9 Å². The fraction of sp³-hybridized carbons (Fsp3) is 0.571. The lowest BCUT2D eigenvalue weighted by molar-refractivity contribution is 0.0833. The Bertz CT molecular complexity index is 576. The van der Waals surface area contributed by atoms with Gasteiger partial charge in [-0.3, -0.25) is 4.79 Å². The van der Waals surface area contributed by atoms with Crippen LogP contribution in [0.15, 0.2) is 0 Å². The Kier molecular flexibility index (Phi) is 4.70. The van der Waals surface area contributed by atoms with E-state index in [1.54, 1.807) is 21.2 Å². The van der Waals surface area contributed by atoms with Crippen LogP contribution in [0.5, 0.6) is 0 Å². The Morgan fingerprint density at radius 3 is 2.90 bits per heavy atom. The van der Waals surface area contributed by atoms with Gasteiger partial charge in [0.1, 0.15) is 21.5 Å². The second kappa shape index (κ2) is 6.33. The highest BCUT2D eigenvalue weighted by Crippen LogP contribution is 2.40. The predicted molar refractivity (Wildman–Crippen MR) is 83.7 cm³/mol. The lowest BCUT2D eigenvalue weighted by atomic mass is 10.1. The maximum Gasteiger partial charge on any atom is 0.265 e. The molecule has 2 N–H and O–H groups in total. The first-order chi connectivity index (χ1) is 9.99. The Balaban J connectivity index is 2.31. The number of carbonyl (C=O) groups excluding carboxylic acids is 1. The minimum Gasteiger partial charge on any atom is -0.396 e. The van der Waals surface area contributed by atoms with E-state index in [-0.39, 0.29) is 5.91 Å². The van der Waals surface area contributed by atoms with E-state index < -0.39 is 0 Å². The molecular formula is C14H20N4O2S. The third-order valence-corrected chi connectivity index (χ3v) is 4.87. The number of hydrogen-bond acceptors (Lipinski definition) is 6. The van der Waals surface area contributed by atoms with Gasteiger partial charge in [0, 0.05) is 40.2 Å². The average Bonchev–Trinajstić information content (AvgIpc) is 3.02. The van der Waals surface area contributed by atoms with Crippen molar-refractivity contribution in [1.82, 2.24) is 4.90 Å². The van der Waals surface area contributed by atoms with E-state index in [9.17, 15) is 10.1 Å². The minimum atomic E-state index is -0.159. The normalized spacial score (nSPS) is 17.8. The van der Waals surface area contributed by atoms with Gasteiger partial charge < -0.3 is 20.3 Å². The molecule has 0 bridgehead atoms. The highest BCUT2D eigenvalue weighted by atomic mass is 32.1. The zero-order valence-corrected chi connectivity index (χ0v) is 13.4. The van der Waals surface area contributed by atoms with Gasteiger partial charge in [-0.05, 0) is 6.42 Å². The fourth-order valence-electron chi connectivity index (χ4n) is 2.51. The molecule has 6 nitrogen and oxygen atoms in total. The van der Waals surface area contributed by atoms with Gasteiger partial charge in [-0.1, -0.05) is 0 Å². The van der Waals surface area contributed by atoms with Gasteiger partial charge in [-0.15, -0.1) is 11.3 Å². The van der Waals surface area contributed by atoms with E-state index in [4.69, 9.17) is 10.5 Å². The second-order valence-corrected chi connectivity index (χ2v) is 6.39. The Hall–Kier alpha value is -1.78. The smallest absolute Gasteiger partial charge is 0.265 e. The van der Waals surface area contributed by atoms with Crippen LogP contribution in [0.4, 0.5) is 10.7 Å². The summed E-state index contributed by atoms with van der Waals surface area (Å²) in [5, 5.41) is 10.2. The van der Waals surface area contributed by atoms with E-state index in [1.165, 1.54) is 16.2 Å². The van der Waals surface area contributed by atoms with Crippen molar-refractivity contribution < 1.29 is 9.53 Å². The van der Waals surface area contributed by atoms with Crippen LogP contribution < -0.4 is 10.6 Å². The maximum absolute atomic E-state index is 12.1. The summed E-state index contributed by atoms with van der Waals surface area (Å²) in [4.78, 5) is 16.2. The SMILES string of the molecule is COCC1CCN(c2sc(C(=O)N(C)C)c(N)c2C#N)C1. The maximum atomic E-state index is 12.1. The number of thiophene rings is 1. The van der Waals surface area contributed by atoms with Crippen molar-refractivity contribution in [3.63, 3.8) is 0 Å². The molecule has 1 atom stereocenters. The number of nitrogen functional groups attached to an aromatic ring is 1. The molecule has 21 heavy (non-hydrogen) atoms. The molecule has 7 heteroatoms. The molecule has 1 aliphatic rings. The topological polar surface area (TPSA) is 82.6 Å². The molecule has 1 unspecified atom stereocenters. The van der Waals surface area contributed by atoms with Crippen molar-refractivity contribution in [3.8, 4) is 6.07 Å². The summed E-state index contributed by atoms with van der Waals surface area (Å²) in [7, 11) is 5.05. The molecule has 1 aliphatic heterocycles. The van der Waals surface area contributed by atoms with E-state index in [0.717, 1.165) is 24.5 Å². The van der Waals surface area contributed by atoms with Gasteiger partial charge in [0.15, 0.2) is 0 Å². The summed E-state index contributed by atoms with van der Waals surface area (Å²) in [5.74, 6) is 0.297. The molecule has 2 rings (SSSR count). The van der Waals surface area contributed by atoms with Crippen LogP contribution in [0.3, 0.4) is 0 Å². The molecule has 0 radical (unpaired) electrons. The number of ether oxygens (including phenoxy) is 1. The van der Waals surface area contributed by atoms with Gasteiger partial charge in [-0.2, -0.15) is 5.26 Å². The molecule has 1 amide bonds. The zero-order valence-electron chi connectivity index (χ0n) is 12.5. The summed E-state index contributed by atoms with van der Waals surface area (Å²) >= 11 is 1.31. The average molecular weight is 308 g/mol. The zero-order chi connectivity index (χ0) is 15.6. The van der Waals surface area contributed by atoms with E-state index >= 15 is 0 Å².